The summed E-state index contributed by atoms with van der Waals surface area (Å²) in [6.07, 6.45) is 0.935. The average Bonchev–Trinajstić information content (AvgIpc) is 2.61. The molecule has 0 aliphatic heterocycles. The minimum Gasteiger partial charge on any atom is -0.377 e. The molecule has 0 saturated heterocycles. The molecule has 0 bridgehead atoms. The van der Waals surface area contributed by atoms with Crippen molar-refractivity contribution in [3.63, 3.8) is 0 Å². The normalized spacial score (nSPS) is 10.4. The summed E-state index contributed by atoms with van der Waals surface area (Å²) in [6.45, 7) is 5.48. The lowest BCUT2D eigenvalue weighted by atomic mass is 10.1. The Balaban J connectivity index is 1.97. The fraction of sp³-hybridized carbons (Fsp3) is 0.526. The fourth-order valence-electron chi connectivity index (χ4n) is 2.07. The first kappa shape index (κ1) is 21.8. The molecule has 26 heavy (non-hydrogen) atoms. The number of carbonyl (C=O) groups is 3. The molecule has 0 spiro atoms. The number of aryl methyl sites for hydroxylation is 1. The van der Waals surface area contributed by atoms with Crippen molar-refractivity contribution in [3.8, 4) is 0 Å². The quantitative estimate of drug-likeness (QED) is 0.514. The lowest BCUT2D eigenvalue weighted by molar-refractivity contribution is -0.124. The summed E-state index contributed by atoms with van der Waals surface area (Å²) in [6, 6.07) is 7.34. The number of Topliss-reactive ketones (excluding diaryl/α,β-unsaturated/α-hetero) is 1. The maximum Gasteiger partial charge on any atom is 0.251 e. The van der Waals surface area contributed by atoms with Gasteiger partial charge in [-0.3, -0.25) is 14.4 Å². The second-order valence-corrected chi connectivity index (χ2v) is 5.91. The van der Waals surface area contributed by atoms with E-state index in [1.807, 2.05) is 19.1 Å². The van der Waals surface area contributed by atoms with E-state index < -0.39 is 0 Å². The maximum absolute atomic E-state index is 11.9. The number of nitrogens with one attached hydrogen (secondary N) is 2. The summed E-state index contributed by atoms with van der Waals surface area (Å²) >= 11 is 0. The zero-order chi connectivity index (χ0) is 19.2. The molecule has 7 heteroatoms. The van der Waals surface area contributed by atoms with Gasteiger partial charge in [0.1, 0.15) is 6.61 Å². The SMILES string of the molecule is CC(=O)NCCOCCOCC(=O)CCCNC(=O)c1ccc(C)cc1. The molecule has 2 amide bonds. The fourth-order valence-corrected chi connectivity index (χ4v) is 2.07. The smallest absolute Gasteiger partial charge is 0.251 e. The molecule has 0 unspecified atom stereocenters. The Hall–Kier alpha value is -2.25. The summed E-state index contributed by atoms with van der Waals surface area (Å²) < 4.78 is 10.5. The Morgan fingerprint density at radius 1 is 0.923 bits per heavy atom. The molecular formula is C19H28N2O5. The van der Waals surface area contributed by atoms with Crippen LogP contribution in [0.1, 0.15) is 35.7 Å². The van der Waals surface area contributed by atoms with Gasteiger partial charge in [-0.15, -0.1) is 0 Å². The molecule has 7 nitrogen and oxygen atoms in total. The van der Waals surface area contributed by atoms with Crippen molar-refractivity contribution in [2.24, 2.45) is 0 Å². The Bertz CT molecular complexity index is 572. The summed E-state index contributed by atoms with van der Waals surface area (Å²) in [5, 5.41) is 5.41. The lowest BCUT2D eigenvalue weighted by Crippen LogP contribution is -2.25. The van der Waals surface area contributed by atoms with Gasteiger partial charge in [0, 0.05) is 32.0 Å². The molecule has 0 aromatic heterocycles. The van der Waals surface area contributed by atoms with Gasteiger partial charge in [-0.2, -0.15) is 0 Å². The molecule has 1 rings (SSSR count). The minimum absolute atomic E-state index is 0.00664. The van der Waals surface area contributed by atoms with Gasteiger partial charge in [0.25, 0.3) is 5.91 Å². The van der Waals surface area contributed by atoms with Gasteiger partial charge >= 0.3 is 0 Å². The summed E-state index contributed by atoms with van der Waals surface area (Å²) in [4.78, 5) is 34.2. The van der Waals surface area contributed by atoms with Crippen LogP contribution in [0.25, 0.3) is 0 Å². The highest BCUT2D eigenvalue weighted by molar-refractivity contribution is 5.94. The highest BCUT2D eigenvalue weighted by atomic mass is 16.5. The number of hydrogen-bond acceptors (Lipinski definition) is 5. The van der Waals surface area contributed by atoms with Crippen LogP contribution >= 0.6 is 0 Å². The molecule has 1 aromatic rings. The second-order valence-electron chi connectivity index (χ2n) is 5.91. The zero-order valence-electron chi connectivity index (χ0n) is 15.5. The van der Waals surface area contributed by atoms with Gasteiger partial charge < -0.3 is 20.1 Å². The van der Waals surface area contributed by atoms with Gasteiger partial charge in [-0.1, -0.05) is 17.7 Å². The Labute approximate surface area is 154 Å². The minimum atomic E-state index is -0.134. The standard InChI is InChI=1S/C19H28N2O5/c1-15-5-7-17(8-6-15)19(24)21-9-3-4-18(23)14-26-13-12-25-11-10-20-16(2)22/h5-8H,3-4,9-14H2,1-2H3,(H,20,22)(H,21,24). The van der Waals surface area contributed by atoms with E-state index in [4.69, 9.17) is 9.47 Å². The summed E-state index contributed by atoms with van der Waals surface area (Å²) in [5.74, 6) is -0.233. The third kappa shape index (κ3) is 10.6. The van der Waals surface area contributed by atoms with Crippen molar-refractivity contribution >= 4 is 17.6 Å². The van der Waals surface area contributed by atoms with E-state index in [0.717, 1.165) is 5.56 Å². The molecule has 0 saturated carbocycles. The zero-order valence-corrected chi connectivity index (χ0v) is 15.5. The van der Waals surface area contributed by atoms with Crippen LogP contribution in [0, 0.1) is 6.92 Å². The monoisotopic (exact) mass is 364 g/mol. The van der Waals surface area contributed by atoms with Crippen LogP contribution in [-0.4, -0.2) is 57.1 Å². The molecule has 0 fully saturated rings. The molecule has 2 N–H and O–H groups in total. The molecule has 0 radical (unpaired) electrons. The molecule has 0 heterocycles. The highest BCUT2D eigenvalue weighted by Crippen LogP contribution is 2.03. The molecular weight excluding hydrogens is 336 g/mol. The summed E-state index contributed by atoms with van der Waals surface area (Å²) in [5.41, 5.74) is 1.72. The first-order valence-electron chi connectivity index (χ1n) is 8.75. The second kappa shape index (κ2) is 13.0. The first-order chi connectivity index (χ1) is 12.5. The van der Waals surface area contributed by atoms with Gasteiger partial charge in [0.05, 0.1) is 19.8 Å². The molecule has 0 aliphatic carbocycles. The van der Waals surface area contributed by atoms with Crippen LogP contribution in [-0.2, 0) is 19.1 Å². The lowest BCUT2D eigenvalue weighted by Gasteiger charge is -2.07. The van der Waals surface area contributed by atoms with Crippen molar-refractivity contribution in [1.82, 2.24) is 10.6 Å². The Kier molecular flexibility index (Phi) is 10.9. The van der Waals surface area contributed by atoms with Crippen molar-refractivity contribution in [2.45, 2.75) is 26.7 Å². The van der Waals surface area contributed by atoms with E-state index >= 15 is 0 Å². The van der Waals surface area contributed by atoms with Gasteiger partial charge in [0.2, 0.25) is 5.91 Å². The van der Waals surface area contributed by atoms with Crippen LogP contribution in [0.5, 0.6) is 0 Å². The number of ether oxygens (including phenoxy) is 2. The number of hydrogen-bond donors (Lipinski definition) is 2. The van der Waals surface area contributed by atoms with Crippen molar-refractivity contribution < 1.29 is 23.9 Å². The Morgan fingerprint density at radius 2 is 1.62 bits per heavy atom. The molecule has 0 atom stereocenters. The molecule has 144 valence electrons. The van der Waals surface area contributed by atoms with Crippen molar-refractivity contribution in [1.29, 1.82) is 0 Å². The third-order valence-electron chi connectivity index (χ3n) is 3.49. The number of carbonyl (C=O) groups excluding carboxylic acids is 3. The van der Waals surface area contributed by atoms with E-state index in [1.165, 1.54) is 6.92 Å². The first-order valence-corrected chi connectivity index (χ1v) is 8.75. The van der Waals surface area contributed by atoms with E-state index in [9.17, 15) is 14.4 Å². The van der Waals surface area contributed by atoms with Crippen LogP contribution < -0.4 is 10.6 Å². The van der Waals surface area contributed by atoms with Crippen LogP contribution in [0.2, 0.25) is 0 Å². The van der Waals surface area contributed by atoms with Crippen molar-refractivity contribution in [3.05, 3.63) is 35.4 Å². The van der Waals surface area contributed by atoms with Crippen molar-refractivity contribution in [2.75, 3.05) is 39.5 Å². The summed E-state index contributed by atoms with van der Waals surface area (Å²) in [7, 11) is 0. The third-order valence-corrected chi connectivity index (χ3v) is 3.49. The molecule has 0 aliphatic rings. The van der Waals surface area contributed by atoms with Crippen LogP contribution in [0.15, 0.2) is 24.3 Å². The highest BCUT2D eigenvalue weighted by Gasteiger charge is 2.06. The number of rotatable bonds is 13. The number of amides is 2. The predicted octanol–water partition coefficient (Wildman–Crippen LogP) is 1.24. The van der Waals surface area contributed by atoms with Crippen LogP contribution in [0.4, 0.5) is 0 Å². The average molecular weight is 364 g/mol. The van der Waals surface area contributed by atoms with Gasteiger partial charge in [-0.05, 0) is 25.5 Å². The van der Waals surface area contributed by atoms with E-state index in [1.54, 1.807) is 12.1 Å². The largest absolute Gasteiger partial charge is 0.377 e. The van der Waals surface area contributed by atoms with E-state index in [2.05, 4.69) is 10.6 Å². The van der Waals surface area contributed by atoms with E-state index in [-0.39, 0.29) is 24.2 Å². The molecule has 1 aromatic carbocycles. The maximum atomic E-state index is 11.9. The number of benzene rings is 1. The Morgan fingerprint density at radius 3 is 2.31 bits per heavy atom. The van der Waals surface area contributed by atoms with Gasteiger partial charge in [-0.25, -0.2) is 0 Å². The predicted molar refractivity (Wildman–Crippen MR) is 98.1 cm³/mol. The number of ketones is 1. The van der Waals surface area contributed by atoms with Gasteiger partial charge in [0.15, 0.2) is 5.78 Å². The topological polar surface area (TPSA) is 93.7 Å². The van der Waals surface area contributed by atoms with E-state index in [0.29, 0.717) is 51.3 Å². The van der Waals surface area contributed by atoms with Crippen LogP contribution in [0.3, 0.4) is 0 Å².